The lowest BCUT2D eigenvalue weighted by Gasteiger charge is -2.29. The van der Waals surface area contributed by atoms with E-state index >= 15 is 0 Å². The highest BCUT2D eigenvalue weighted by Crippen LogP contribution is 2.39. The normalized spacial score (nSPS) is 14.6. The number of fused-ring (bicyclic) bond motifs is 6. The van der Waals surface area contributed by atoms with Crippen molar-refractivity contribution in [2.75, 3.05) is 65.6 Å². The van der Waals surface area contributed by atoms with Crippen LogP contribution in [0.5, 0.6) is 0 Å². The van der Waals surface area contributed by atoms with Gasteiger partial charge in [0.05, 0.1) is 60.0 Å². The zero-order valence-corrected chi connectivity index (χ0v) is 61.8. The van der Waals surface area contributed by atoms with Crippen molar-refractivity contribution < 1.29 is 19.1 Å². The number of H-pyrrole nitrogens is 2. The summed E-state index contributed by atoms with van der Waals surface area (Å²) in [7, 11) is 0. The Bertz CT molecular complexity index is 5620. The summed E-state index contributed by atoms with van der Waals surface area (Å²) in [6, 6.07) is 46.4. The predicted molar refractivity (Wildman–Crippen MR) is 437 cm³/mol. The molecule has 0 radical (unpaired) electrons. The number of morpholine rings is 1. The average Bonchev–Trinajstić information content (AvgIpc) is 1.55. The summed E-state index contributed by atoms with van der Waals surface area (Å²) in [6.45, 7) is 15.8. The first-order chi connectivity index (χ1) is 53.3. The molecule has 3 saturated carbocycles. The zero-order chi connectivity index (χ0) is 74.5. The van der Waals surface area contributed by atoms with Crippen LogP contribution in [0, 0.1) is 18.8 Å². The molecule has 4 aliphatic carbocycles. The molecule has 6 aromatic carbocycles. The van der Waals surface area contributed by atoms with Gasteiger partial charge in [-0.2, -0.15) is 15.1 Å². The van der Waals surface area contributed by atoms with E-state index in [1.54, 1.807) is 18.7 Å². The van der Waals surface area contributed by atoms with E-state index in [0.717, 1.165) is 189 Å². The quantitative estimate of drug-likeness (QED) is 0.0396. The second-order valence-electron chi connectivity index (χ2n) is 29.4. The highest BCUT2D eigenvalue weighted by atomic mass is 16.5. The van der Waals surface area contributed by atoms with Crippen LogP contribution in [0.3, 0.4) is 0 Å². The van der Waals surface area contributed by atoms with Crippen LogP contribution in [0.4, 0.5) is 34.8 Å². The van der Waals surface area contributed by atoms with Crippen molar-refractivity contribution in [2.45, 2.75) is 118 Å². The number of aryl methyl sites for hydroxylation is 1. The monoisotopic (exact) mass is 1470 g/mol. The fraction of sp³-hybridized carbons (Fsp3) is 0.302. The first kappa shape index (κ1) is 73.1. The lowest BCUT2D eigenvalue weighted by Crippen LogP contribution is -2.36. The van der Waals surface area contributed by atoms with Crippen LogP contribution in [-0.2, 0) is 4.74 Å². The number of hydrogen-bond donors (Lipinski definition) is 8. The molecule has 19 rings (SSSR count). The number of carbonyl (C=O) groups is 3. The summed E-state index contributed by atoms with van der Waals surface area (Å²) < 4.78 is 9.57. The zero-order valence-electron chi connectivity index (χ0n) is 61.8. The van der Waals surface area contributed by atoms with E-state index in [4.69, 9.17) is 19.7 Å². The van der Waals surface area contributed by atoms with E-state index in [-0.39, 0.29) is 25.0 Å². The highest BCUT2D eigenvalue weighted by Gasteiger charge is 2.29. The largest absolute Gasteiger partial charge is 0.378 e. The molecular formula is C86H92N20O4. The minimum atomic E-state index is -0.0154. The molecule has 24 nitrogen and oxygen atoms in total. The summed E-state index contributed by atoms with van der Waals surface area (Å²) in [4.78, 5) is 79.4. The van der Waals surface area contributed by atoms with Gasteiger partial charge in [-0.1, -0.05) is 133 Å². The second kappa shape index (κ2) is 32.6. The van der Waals surface area contributed by atoms with Gasteiger partial charge >= 0.3 is 0 Å². The molecule has 1 saturated heterocycles. The Labute approximate surface area is 638 Å². The molecule has 8 aromatic heterocycles. The van der Waals surface area contributed by atoms with Crippen molar-refractivity contribution in [1.82, 2.24) is 74.5 Å². The maximum Gasteiger partial charge on any atom is 0.251 e. The van der Waals surface area contributed by atoms with Gasteiger partial charge in [-0.05, 0) is 124 Å². The predicted octanol–water partition coefficient (Wildman–Crippen LogP) is 16.3. The van der Waals surface area contributed by atoms with Crippen LogP contribution in [0.1, 0.15) is 135 Å². The third-order valence-corrected chi connectivity index (χ3v) is 20.2. The van der Waals surface area contributed by atoms with Gasteiger partial charge in [0, 0.05) is 136 Å². The standard InChI is InChI=1S/C29H28N6O.C22H29N7O.C20H23N5O.C14H8N2O.CH4/c1-18(2)15-31-27-28-32-16-26(19-8-10-20(11-9-19)29(36)33-21-12-13-21)35(28)17-25(34-27)23-5-3-7-24-22(23)6-4-14-30-24;1-15-13-17(29-9-11-30-12-10-29)7-8-18(15)26-22-27-20-19(23-14-24-20)21(28-22)25-16-5-3-2-4-6-16;1-13(2)11-22-18-19-23-12-17(25(19)10-9-21-18)14-3-5-15(6-4-14)20(26)24-16-7-8-16;17-14-9-5-2-1-4-8(9)13-12-10(14)6-3-7-11(12)15-16-13;/h3-11,14,16-18,21H,12-13,15H2,1-2H3,(H,31,34)(H,33,36);7-8,13-14,16H,2-6,9-12H2,1H3,(H3,23,24,25,26,27,28);3-6,9-10,12-13,16H,7-8,11H2,1-2H3,(H,21,22)(H,24,26);1-7H,(H,15,16);1H4. The number of nitrogens with one attached hydrogen (secondary N) is 8. The van der Waals surface area contributed by atoms with E-state index in [0.29, 0.717) is 52.7 Å². The third kappa shape index (κ3) is 16.2. The summed E-state index contributed by atoms with van der Waals surface area (Å²) >= 11 is 0. The molecule has 2 amide bonds. The van der Waals surface area contributed by atoms with Gasteiger partial charge in [0.1, 0.15) is 11.2 Å². The number of hydrogen-bond acceptors (Lipinski definition) is 18. The molecule has 110 heavy (non-hydrogen) atoms. The molecule has 14 aromatic rings. The van der Waals surface area contributed by atoms with Gasteiger partial charge in [-0.3, -0.25) is 33.3 Å². The number of aromatic nitrogens is 13. The van der Waals surface area contributed by atoms with E-state index in [1.165, 1.54) is 37.8 Å². The maximum atomic E-state index is 12.4. The molecule has 8 N–H and O–H groups in total. The van der Waals surface area contributed by atoms with Crippen LogP contribution in [0.15, 0.2) is 183 Å². The fourth-order valence-corrected chi connectivity index (χ4v) is 14.1. The lowest BCUT2D eigenvalue weighted by atomic mass is 9.87. The van der Waals surface area contributed by atoms with Crippen molar-refractivity contribution in [2.24, 2.45) is 11.8 Å². The first-order valence-corrected chi connectivity index (χ1v) is 37.9. The van der Waals surface area contributed by atoms with Gasteiger partial charge in [0.25, 0.3) is 11.8 Å². The minimum absolute atomic E-state index is 0. The van der Waals surface area contributed by atoms with Gasteiger partial charge in [0.15, 0.2) is 40.2 Å². The summed E-state index contributed by atoms with van der Waals surface area (Å²) in [5, 5.41) is 29.2. The molecule has 0 atom stereocenters. The van der Waals surface area contributed by atoms with Crippen LogP contribution in [-0.4, -0.2) is 139 Å². The number of imidazole rings is 3. The number of amides is 2. The maximum absolute atomic E-state index is 12.4. The topological polar surface area (TPSA) is 292 Å². The molecule has 24 heteroatoms. The Morgan fingerprint density at radius 1 is 0.600 bits per heavy atom. The molecule has 0 spiro atoms. The van der Waals surface area contributed by atoms with E-state index in [1.807, 2.05) is 138 Å². The second-order valence-corrected chi connectivity index (χ2v) is 29.4. The smallest absolute Gasteiger partial charge is 0.251 e. The number of pyridine rings is 1. The molecule has 1 aliphatic heterocycles. The average molecular weight is 1470 g/mol. The molecule has 4 fully saturated rings. The van der Waals surface area contributed by atoms with Crippen molar-refractivity contribution in [3.05, 3.63) is 211 Å². The van der Waals surface area contributed by atoms with Crippen LogP contribution < -0.4 is 36.8 Å². The number of nitrogens with zero attached hydrogens (tertiary/aromatic N) is 12. The Balaban J connectivity index is 0.000000119. The summed E-state index contributed by atoms with van der Waals surface area (Å²) in [6.07, 6.45) is 23.5. The number of rotatable bonds is 18. The summed E-state index contributed by atoms with van der Waals surface area (Å²) in [5.41, 5.74) is 18.8. The Morgan fingerprint density at radius 3 is 1.93 bits per heavy atom. The number of ketones is 1. The Kier molecular flexibility index (Phi) is 21.6. The van der Waals surface area contributed by atoms with Gasteiger partial charge < -0.3 is 46.5 Å². The Morgan fingerprint density at radius 2 is 1.25 bits per heavy atom. The van der Waals surface area contributed by atoms with Crippen LogP contribution in [0.2, 0.25) is 0 Å². The van der Waals surface area contributed by atoms with Gasteiger partial charge in [0.2, 0.25) is 5.95 Å². The fourth-order valence-electron chi connectivity index (χ4n) is 14.1. The first-order valence-electron chi connectivity index (χ1n) is 37.9. The highest BCUT2D eigenvalue weighted by molar-refractivity contribution is 6.25. The number of anilines is 6. The van der Waals surface area contributed by atoms with E-state index < -0.39 is 0 Å². The number of aromatic amines is 2. The molecule has 560 valence electrons. The minimum Gasteiger partial charge on any atom is -0.378 e. The molecule has 0 unspecified atom stereocenters. The molecule has 9 heterocycles. The van der Waals surface area contributed by atoms with Crippen LogP contribution in [0.25, 0.3) is 89.3 Å². The Hall–Kier alpha value is -12.4. The van der Waals surface area contributed by atoms with Crippen molar-refractivity contribution >= 4 is 96.6 Å². The lowest BCUT2D eigenvalue weighted by molar-refractivity contribution is 0.0942. The van der Waals surface area contributed by atoms with Gasteiger partial charge in [-0.25, -0.2) is 24.9 Å². The van der Waals surface area contributed by atoms with Crippen molar-refractivity contribution in [3.63, 3.8) is 0 Å². The SMILES string of the molecule is C.CC(C)CNc1nc(-c2cccc3ncccc23)cn2c(-c3ccc(C(=O)NC4CC4)cc3)cnc12.CC(C)CNc1nccn2c(-c3ccc(C(=O)NC4CC4)cc3)cnc12.Cc1cc(N2CCOCC2)ccc1Nc1nc(NC2CCCCC2)c2[nH]cnc2n1.O=C1c2ccccc2-c2n[nH]c3cccc1c23. The third-order valence-electron chi connectivity index (χ3n) is 20.2. The van der Waals surface area contributed by atoms with Crippen molar-refractivity contribution in [1.29, 1.82) is 0 Å². The van der Waals surface area contributed by atoms with E-state index in [2.05, 4.69) is 146 Å². The number of carbonyl (C=O) groups excluding carboxylic acids is 3. The van der Waals surface area contributed by atoms with E-state index in [9.17, 15) is 14.4 Å². The number of benzene rings is 6. The molecule has 0 bridgehead atoms. The molecular weight excluding hydrogens is 1380 g/mol. The van der Waals surface area contributed by atoms with Crippen molar-refractivity contribution in [3.8, 4) is 45.0 Å². The summed E-state index contributed by atoms with van der Waals surface area (Å²) in [5.74, 6) is 3.98. The van der Waals surface area contributed by atoms with Crippen LogP contribution >= 0.6 is 0 Å². The molecule has 5 aliphatic rings. The number of ether oxygens (including phenoxy) is 1. The van der Waals surface area contributed by atoms with Gasteiger partial charge in [-0.15, -0.1) is 0 Å².